The molecule has 3 aromatic rings. The third-order valence-corrected chi connectivity index (χ3v) is 4.80. The number of nitrogens with one attached hydrogen (secondary N) is 1. The van der Waals surface area contributed by atoms with Gasteiger partial charge in [0.2, 0.25) is 0 Å². The van der Waals surface area contributed by atoms with Crippen LogP contribution in [0.5, 0.6) is 0 Å². The summed E-state index contributed by atoms with van der Waals surface area (Å²) in [6.45, 7) is -0.399. The number of carbonyl (C=O) groups excluding carboxylic acids is 2. The summed E-state index contributed by atoms with van der Waals surface area (Å²) in [5, 5.41) is 5.40. The fraction of sp³-hybridized carbons (Fsp3) is 0.105. The monoisotopic (exact) mass is 404 g/mol. The molecule has 0 aliphatic rings. The van der Waals surface area contributed by atoms with Crippen molar-refractivity contribution in [3.05, 3.63) is 76.0 Å². The third kappa shape index (κ3) is 4.90. The van der Waals surface area contributed by atoms with Gasteiger partial charge in [-0.3, -0.25) is 9.59 Å². The van der Waals surface area contributed by atoms with Crippen molar-refractivity contribution in [2.45, 2.75) is 6.61 Å². The number of aromatic nitrogens is 1. The highest BCUT2D eigenvalue weighted by Gasteiger charge is 2.13. The lowest BCUT2D eigenvalue weighted by Crippen LogP contribution is -2.31. The van der Waals surface area contributed by atoms with Crippen LogP contribution in [0.15, 0.2) is 53.9 Å². The summed E-state index contributed by atoms with van der Waals surface area (Å²) in [4.78, 5) is 28.0. The number of esters is 1. The van der Waals surface area contributed by atoms with Gasteiger partial charge in [-0.2, -0.15) is 0 Å². The minimum Gasteiger partial charge on any atom is -0.458 e. The van der Waals surface area contributed by atoms with Crippen molar-refractivity contribution in [2.75, 3.05) is 6.54 Å². The summed E-state index contributed by atoms with van der Waals surface area (Å²) in [5.74, 6) is -1.98. The van der Waals surface area contributed by atoms with E-state index in [1.54, 1.807) is 11.4 Å². The Balaban J connectivity index is 1.51. The molecule has 1 N–H and O–H groups in total. The maximum Gasteiger partial charge on any atom is 0.325 e. The van der Waals surface area contributed by atoms with E-state index in [0.29, 0.717) is 10.7 Å². The zero-order valence-corrected chi connectivity index (χ0v) is 15.5. The lowest BCUT2D eigenvalue weighted by molar-refractivity contribution is -0.143. The molecule has 138 valence electrons. The second-order valence-corrected chi connectivity index (χ2v) is 6.71. The maximum absolute atomic E-state index is 13.5. The first-order valence-electron chi connectivity index (χ1n) is 7.92. The van der Waals surface area contributed by atoms with Gasteiger partial charge in [-0.25, -0.2) is 9.37 Å². The van der Waals surface area contributed by atoms with E-state index >= 15 is 0 Å². The van der Waals surface area contributed by atoms with Crippen molar-refractivity contribution in [1.82, 2.24) is 10.3 Å². The molecular formula is C19H14ClFN2O3S. The first kappa shape index (κ1) is 19.0. The lowest BCUT2D eigenvalue weighted by Gasteiger charge is -2.06. The van der Waals surface area contributed by atoms with Gasteiger partial charge in [-0.05, 0) is 18.2 Å². The summed E-state index contributed by atoms with van der Waals surface area (Å²) in [7, 11) is 0. The number of carbonyl (C=O) groups is 2. The van der Waals surface area contributed by atoms with E-state index in [1.807, 2.05) is 18.2 Å². The van der Waals surface area contributed by atoms with E-state index in [1.165, 1.54) is 35.6 Å². The van der Waals surface area contributed by atoms with Crippen molar-refractivity contribution in [2.24, 2.45) is 0 Å². The van der Waals surface area contributed by atoms with Gasteiger partial charge < -0.3 is 10.1 Å². The smallest absolute Gasteiger partial charge is 0.325 e. The number of halogens is 2. The number of benzene rings is 2. The van der Waals surface area contributed by atoms with Crippen LogP contribution in [0.3, 0.4) is 0 Å². The number of amides is 1. The van der Waals surface area contributed by atoms with Crippen LogP contribution in [-0.4, -0.2) is 23.4 Å². The van der Waals surface area contributed by atoms with E-state index < -0.39 is 17.7 Å². The number of rotatable bonds is 6. The molecule has 0 aliphatic heterocycles. The molecule has 2 aromatic carbocycles. The molecule has 0 atom stereocenters. The van der Waals surface area contributed by atoms with Crippen LogP contribution < -0.4 is 5.32 Å². The fourth-order valence-corrected chi connectivity index (χ4v) is 3.35. The molecule has 0 unspecified atom stereocenters. The molecule has 0 aliphatic carbocycles. The van der Waals surface area contributed by atoms with Crippen molar-refractivity contribution in [1.29, 1.82) is 0 Å². The van der Waals surface area contributed by atoms with E-state index in [4.69, 9.17) is 16.3 Å². The zero-order chi connectivity index (χ0) is 19.2. The molecule has 0 fully saturated rings. The van der Waals surface area contributed by atoms with Gasteiger partial charge >= 0.3 is 5.97 Å². The van der Waals surface area contributed by atoms with E-state index in [-0.39, 0.29) is 18.7 Å². The first-order chi connectivity index (χ1) is 13.0. The Morgan fingerprint density at radius 3 is 2.67 bits per heavy atom. The Labute approximate surface area is 163 Å². The predicted octanol–water partition coefficient (Wildman–Crippen LogP) is 4.08. The van der Waals surface area contributed by atoms with E-state index in [9.17, 15) is 14.0 Å². The van der Waals surface area contributed by atoms with Gasteiger partial charge in [0.25, 0.3) is 5.91 Å². The van der Waals surface area contributed by atoms with Crippen LogP contribution in [-0.2, 0) is 16.1 Å². The Hall–Kier alpha value is -2.77. The molecule has 0 spiro atoms. The van der Waals surface area contributed by atoms with Gasteiger partial charge in [0, 0.05) is 10.9 Å². The average Bonchev–Trinajstić information content (AvgIpc) is 3.14. The highest BCUT2D eigenvalue weighted by Crippen LogP contribution is 2.30. The molecule has 3 rings (SSSR count). The Morgan fingerprint density at radius 2 is 1.89 bits per heavy atom. The second kappa shape index (κ2) is 8.75. The lowest BCUT2D eigenvalue weighted by atomic mass is 10.2. The summed E-state index contributed by atoms with van der Waals surface area (Å²) < 4.78 is 18.6. The van der Waals surface area contributed by atoms with Crippen molar-refractivity contribution < 1.29 is 18.7 Å². The third-order valence-electron chi connectivity index (χ3n) is 3.55. The summed E-state index contributed by atoms with van der Waals surface area (Å²) >= 11 is 7.53. The van der Waals surface area contributed by atoms with Gasteiger partial charge in [0.1, 0.15) is 24.0 Å². The standard InChI is InChI=1S/C19H14ClFN2O3S/c20-15-7-3-1-5-13(15)19-23-12(11-27-19)10-26-17(24)9-22-18(25)14-6-2-4-8-16(14)21/h1-8,11H,9-10H2,(H,22,25). The van der Waals surface area contributed by atoms with Crippen LogP contribution in [0.25, 0.3) is 10.6 Å². The molecule has 1 heterocycles. The molecule has 8 heteroatoms. The normalized spacial score (nSPS) is 10.4. The largest absolute Gasteiger partial charge is 0.458 e. The number of nitrogens with zero attached hydrogens (tertiary/aromatic N) is 1. The first-order valence-corrected chi connectivity index (χ1v) is 9.18. The predicted molar refractivity (Wildman–Crippen MR) is 101 cm³/mol. The van der Waals surface area contributed by atoms with Crippen LogP contribution in [0.1, 0.15) is 16.1 Å². The molecule has 0 radical (unpaired) electrons. The summed E-state index contributed by atoms with van der Waals surface area (Å²) in [6, 6.07) is 12.8. The molecule has 0 saturated heterocycles. The quantitative estimate of drug-likeness (QED) is 0.629. The van der Waals surface area contributed by atoms with Gasteiger partial charge in [0.05, 0.1) is 16.3 Å². The average molecular weight is 405 g/mol. The van der Waals surface area contributed by atoms with Crippen molar-refractivity contribution >= 4 is 34.8 Å². The zero-order valence-electron chi connectivity index (χ0n) is 13.9. The van der Waals surface area contributed by atoms with Gasteiger partial charge in [-0.15, -0.1) is 11.3 Å². The second-order valence-electron chi connectivity index (χ2n) is 5.45. The molecule has 27 heavy (non-hydrogen) atoms. The van der Waals surface area contributed by atoms with Crippen LogP contribution >= 0.6 is 22.9 Å². The molecule has 1 aromatic heterocycles. The number of thiazole rings is 1. The number of ether oxygens (including phenoxy) is 1. The Bertz CT molecular complexity index is 977. The molecule has 1 amide bonds. The van der Waals surface area contributed by atoms with E-state index in [0.717, 1.165) is 10.6 Å². The minimum atomic E-state index is -0.681. The highest BCUT2D eigenvalue weighted by molar-refractivity contribution is 7.13. The summed E-state index contributed by atoms with van der Waals surface area (Å²) in [6.07, 6.45) is 0. The van der Waals surface area contributed by atoms with Crippen molar-refractivity contribution in [3.8, 4) is 10.6 Å². The number of hydrogen-bond donors (Lipinski definition) is 1. The van der Waals surface area contributed by atoms with Crippen LogP contribution in [0.4, 0.5) is 4.39 Å². The summed E-state index contributed by atoms with van der Waals surface area (Å²) in [5.41, 5.74) is 1.25. The maximum atomic E-state index is 13.5. The Kier molecular flexibility index (Phi) is 6.16. The van der Waals surface area contributed by atoms with Gasteiger partial charge in [0.15, 0.2) is 0 Å². The molecule has 5 nitrogen and oxygen atoms in total. The minimum absolute atomic E-state index is 0.0324. The van der Waals surface area contributed by atoms with Crippen molar-refractivity contribution in [3.63, 3.8) is 0 Å². The SMILES string of the molecule is O=C(CNC(=O)c1ccccc1F)OCc1csc(-c2ccccc2Cl)n1. The molecule has 0 saturated carbocycles. The van der Waals surface area contributed by atoms with Gasteiger partial charge in [-0.1, -0.05) is 41.9 Å². The topological polar surface area (TPSA) is 68.3 Å². The fourth-order valence-electron chi connectivity index (χ4n) is 2.23. The van der Waals surface area contributed by atoms with Crippen LogP contribution in [0.2, 0.25) is 5.02 Å². The highest BCUT2D eigenvalue weighted by atomic mass is 35.5. The number of hydrogen-bond acceptors (Lipinski definition) is 5. The van der Waals surface area contributed by atoms with E-state index in [2.05, 4.69) is 10.3 Å². The molecule has 0 bridgehead atoms. The molecular weight excluding hydrogens is 391 g/mol. The van der Waals surface area contributed by atoms with Crippen LogP contribution in [0, 0.1) is 5.82 Å². The Morgan fingerprint density at radius 1 is 1.15 bits per heavy atom.